The molecule has 1 amide bonds. The number of halogens is 1. The van der Waals surface area contributed by atoms with Crippen LogP contribution < -0.4 is 9.79 Å². The standard InChI is InChI=1S/C19H16FN3O3/c20-14-8-6-13(7-9-14)18(24)22(15-10-11-15)12-17-19(25)26-21-23(17)16-4-2-1-3-5-16/h1-9,15H,10-12H2. The maximum Gasteiger partial charge on any atom is 0.259 e. The fourth-order valence-corrected chi connectivity index (χ4v) is 2.84. The molecule has 26 heavy (non-hydrogen) atoms. The van der Waals surface area contributed by atoms with Crippen molar-refractivity contribution in [1.82, 2.24) is 10.2 Å². The van der Waals surface area contributed by atoms with Crippen molar-refractivity contribution >= 4 is 5.91 Å². The molecule has 1 aliphatic carbocycles. The maximum absolute atomic E-state index is 13.1. The molecular formula is C19H16FN3O3. The third-order valence-electron chi connectivity index (χ3n) is 4.36. The van der Waals surface area contributed by atoms with E-state index in [-0.39, 0.29) is 24.2 Å². The predicted molar refractivity (Wildman–Crippen MR) is 86.8 cm³/mol. The highest BCUT2D eigenvalue weighted by molar-refractivity contribution is 5.94. The molecular weight excluding hydrogens is 337 g/mol. The van der Waals surface area contributed by atoms with Crippen LogP contribution in [-0.4, -0.2) is 22.1 Å². The van der Waals surface area contributed by atoms with Gasteiger partial charge in [0.15, 0.2) is 5.95 Å². The first-order chi connectivity index (χ1) is 12.6. The Hall–Kier alpha value is -3.22. The highest BCUT2D eigenvalue weighted by Crippen LogP contribution is 2.30. The van der Waals surface area contributed by atoms with E-state index in [2.05, 4.69) is 5.27 Å². The Morgan fingerprint density at radius 1 is 1.19 bits per heavy atom. The molecule has 1 fully saturated rings. The number of hydrogen-bond donors (Lipinski definition) is 0. The molecule has 0 N–H and O–H groups in total. The highest BCUT2D eigenvalue weighted by Gasteiger charge is 2.36. The average molecular weight is 353 g/mol. The normalized spacial score (nSPS) is 13.6. The van der Waals surface area contributed by atoms with Crippen LogP contribution in [0, 0.1) is 5.82 Å². The number of nitrogens with zero attached hydrogens (tertiary/aromatic N) is 3. The van der Waals surface area contributed by atoms with Crippen molar-refractivity contribution in [3.8, 4) is 11.6 Å². The van der Waals surface area contributed by atoms with Crippen LogP contribution in [-0.2, 0) is 6.54 Å². The lowest BCUT2D eigenvalue weighted by Crippen LogP contribution is -2.42. The fraction of sp³-hybridized carbons (Fsp3) is 0.211. The molecule has 0 saturated heterocycles. The molecule has 4 rings (SSSR count). The van der Waals surface area contributed by atoms with Crippen molar-refractivity contribution in [3.63, 3.8) is 0 Å². The number of carbonyl (C=O) groups excluding carboxylic acids is 1. The lowest BCUT2D eigenvalue weighted by molar-refractivity contribution is -0.678. The van der Waals surface area contributed by atoms with Gasteiger partial charge in [-0.3, -0.25) is 4.79 Å². The summed E-state index contributed by atoms with van der Waals surface area (Å²) in [6.45, 7) is 0.0815. The van der Waals surface area contributed by atoms with Gasteiger partial charge in [0.2, 0.25) is 5.69 Å². The molecule has 6 nitrogen and oxygen atoms in total. The topological polar surface area (TPSA) is 73.3 Å². The van der Waals surface area contributed by atoms with Crippen LogP contribution in [0.3, 0.4) is 0 Å². The molecule has 1 heterocycles. The van der Waals surface area contributed by atoms with E-state index < -0.39 is 11.8 Å². The van der Waals surface area contributed by atoms with Gasteiger partial charge in [-0.1, -0.05) is 18.2 Å². The third-order valence-corrected chi connectivity index (χ3v) is 4.36. The van der Waals surface area contributed by atoms with E-state index in [1.165, 1.54) is 28.9 Å². The van der Waals surface area contributed by atoms with Crippen molar-refractivity contribution in [3.05, 3.63) is 71.7 Å². The number of hydrogen-bond acceptors (Lipinski definition) is 4. The molecule has 0 atom stereocenters. The van der Waals surface area contributed by atoms with Gasteiger partial charge in [-0.25, -0.2) is 4.39 Å². The van der Waals surface area contributed by atoms with Crippen LogP contribution in [0.4, 0.5) is 4.39 Å². The molecule has 0 spiro atoms. The summed E-state index contributed by atoms with van der Waals surface area (Å²) in [5.74, 6) is -1.22. The summed E-state index contributed by atoms with van der Waals surface area (Å²) in [6, 6.07) is 14.6. The zero-order valence-electron chi connectivity index (χ0n) is 13.8. The van der Waals surface area contributed by atoms with Crippen LogP contribution in [0.15, 0.2) is 59.1 Å². The maximum atomic E-state index is 13.1. The average Bonchev–Trinajstić information content (AvgIpc) is 3.44. The van der Waals surface area contributed by atoms with E-state index in [4.69, 9.17) is 4.52 Å². The molecule has 0 unspecified atom stereocenters. The Kier molecular flexibility index (Phi) is 4.12. The number of amides is 1. The molecule has 132 valence electrons. The van der Waals surface area contributed by atoms with Gasteiger partial charge in [0.05, 0.1) is 5.27 Å². The van der Waals surface area contributed by atoms with Gasteiger partial charge < -0.3 is 14.5 Å². The van der Waals surface area contributed by atoms with Crippen molar-refractivity contribution in [1.29, 1.82) is 0 Å². The summed E-state index contributed by atoms with van der Waals surface area (Å²) < 4.78 is 19.4. The minimum atomic E-state index is -0.577. The summed E-state index contributed by atoms with van der Waals surface area (Å²) in [4.78, 5) is 14.5. The zero-order valence-corrected chi connectivity index (χ0v) is 13.8. The minimum absolute atomic E-state index is 0.0612. The molecule has 1 aromatic heterocycles. The van der Waals surface area contributed by atoms with Crippen molar-refractivity contribution in [2.24, 2.45) is 0 Å². The summed E-state index contributed by atoms with van der Waals surface area (Å²) in [5, 5.41) is 16.0. The summed E-state index contributed by atoms with van der Waals surface area (Å²) >= 11 is 0. The largest absolute Gasteiger partial charge is 0.539 e. The number of para-hydroxylation sites is 1. The third kappa shape index (κ3) is 3.15. The SMILES string of the molecule is O=C(c1ccc(F)cc1)N(Cc1c([O-])on[n+]1-c1ccccc1)C1CC1. The second-order valence-corrected chi connectivity index (χ2v) is 6.23. The highest BCUT2D eigenvalue weighted by atomic mass is 19.1. The second-order valence-electron chi connectivity index (χ2n) is 6.23. The van der Waals surface area contributed by atoms with Gasteiger partial charge in [-0.2, -0.15) is 0 Å². The van der Waals surface area contributed by atoms with Crippen molar-refractivity contribution in [2.45, 2.75) is 25.4 Å². The number of rotatable bonds is 5. The molecule has 2 aromatic carbocycles. The Morgan fingerprint density at radius 3 is 2.54 bits per heavy atom. The smallest absolute Gasteiger partial charge is 0.259 e. The Labute approximate surface area is 149 Å². The number of aromatic nitrogens is 2. The van der Waals surface area contributed by atoms with Crippen LogP contribution in [0.25, 0.3) is 5.69 Å². The first-order valence-electron chi connectivity index (χ1n) is 8.33. The van der Waals surface area contributed by atoms with Crippen LogP contribution in [0.1, 0.15) is 28.9 Å². The quantitative estimate of drug-likeness (QED) is 0.658. The molecule has 1 saturated carbocycles. The van der Waals surface area contributed by atoms with E-state index in [1.807, 2.05) is 18.2 Å². The molecule has 0 radical (unpaired) electrons. The lowest BCUT2D eigenvalue weighted by Gasteiger charge is -2.20. The molecule has 3 aromatic rings. The molecule has 0 aliphatic heterocycles. The second kappa shape index (κ2) is 6.59. The lowest BCUT2D eigenvalue weighted by atomic mass is 10.2. The van der Waals surface area contributed by atoms with Gasteiger partial charge in [0.1, 0.15) is 12.4 Å². The number of carbonyl (C=O) groups is 1. The summed E-state index contributed by atoms with van der Waals surface area (Å²) in [6.07, 6.45) is 1.75. The first-order valence-corrected chi connectivity index (χ1v) is 8.33. The van der Waals surface area contributed by atoms with Gasteiger partial charge in [-0.15, -0.1) is 0 Å². The zero-order chi connectivity index (χ0) is 18.1. The van der Waals surface area contributed by atoms with Crippen molar-refractivity contribution in [2.75, 3.05) is 0 Å². The fourth-order valence-electron chi connectivity index (χ4n) is 2.84. The summed E-state index contributed by atoms with van der Waals surface area (Å²) in [7, 11) is 0. The predicted octanol–water partition coefficient (Wildman–Crippen LogP) is 1.97. The van der Waals surface area contributed by atoms with E-state index in [9.17, 15) is 14.3 Å². The first kappa shape index (κ1) is 16.3. The Balaban J connectivity index is 1.65. The summed E-state index contributed by atoms with van der Waals surface area (Å²) in [5.41, 5.74) is 1.34. The Bertz CT molecular complexity index is 921. The van der Waals surface area contributed by atoms with E-state index >= 15 is 0 Å². The molecule has 7 heteroatoms. The van der Waals surface area contributed by atoms with Gasteiger partial charge in [0.25, 0.3) is 11.6 Å². The van der Waals surface area contributed by atoms with Crippen LogP contribution in [0.5, 0.6) is 5.95 Å². The van der Waals surface area contributed by atoms with Gasteiger partial charge in [-0.05, 0) is 41.8 Å². The van der Waals surface area contributed by atoms with Gasteiger partial charge in [0, 0.05) is 23.7 Å². The Morgan fingerprint density at radius 2 is 1.88 bits per heavy atom. The monoisotopic (exact) mass is 353 g/mol. The number of benzene rings is 2. The van der Waals surface area contributed by atoms with E-state index in [1.54, 1.807) is 17.0 Å². The van der Waals surface area contributed by atoms with E-state index in [0.717, 1.165) is 12.8 Å². The van der Waals surface area contributed by atoms with Crippen LogP contribution in [0.2, 0.25) is 0 Å². The van der Waals surface area contributed by atoms with E-state index in [0.29, 0.717) is 11.3 Å². The van der Waals surface area contributed by atoms with Crippen LogP contribution >= 0.6 is 0 Å². The van der Waals surface area contributed by atoms with Crippen molar-refractivity contribution < 1.29 is 23.5 Å². The van der Waals surface area contributed by atoms with Gasteiger partial charge >= 0.3 is 0 Å². The molecule has 0 bridgehead atoms. The molecule has 1 aliphatic rings. The minimum Gasteiger partial charge on any atom is -0.539 e.